The number of fused-ring (bicyclic) bond motifs is 2. The van der Waals surface area contributed by atoms with Crippen molar-refractivity contribution >= 4 is 59.6 Å². The molecular formula is C43H48B2N4O9. The van der Waals surface area contributed by atoms with Gasteiger partial charge in [-0.05, 0) is 5.56 Å². The molecule has 0 saturated carbocycles. The first-order chi connectivity index (χ1) is 28.1. The summed E-state index contributed by atoms with van der Waals surface area (Å²) in [5.74, 6) is -2.84. The summed E-state index contributed by atoms with van der Waals surface area (Å²) in [5, 5.41) is 34.8. The molecule has 300 valence electrons. The van der Waals surface area contributed by atoms with Crippen molar-refractivity contribution in [2.45, 2.75) is 63.4 Å². The molecule has 5 aromatic rings. The number of amides is 2. The standard InChI is InChI=1S/C29H34BN3O6.C14H14BNO3/c1-2-9-24(27(35)29(37)31-17-26(34)39-18-20-10-4-3-5-11-20)33-28(36)25(32-19-30-38)16-22-14-8-13-21-12-6-7-15-23(21)22;17-14(18)13(16-9-15-19)8-11-6-3-5-10-4-1-2-7-12(10)11/h3-8,10-15,24-25,27,32,35H,2,9,16-19H2,1H3,(H,31,37)(H,33,36);1-7,13,16H,8-9H2,(H,17,18)/t24?,25-,27?;13-/m00/s1. The van der Waals surface area contributed by atoms with Crippen LogP contribution in [0.15, 0.2) is 115 Å². The van der Waals surface area contributed by atoms with Crippen molar-refractivity contribution in [3.8, 4) is 0 Å². The molecule has 5 aromatic carbocycles. The fraction of sp³-hybridized carbons (Fsp3) is 0.302. The van der Waals surface area contributed by atoms with Gasteiger partial charge in [0, 0.05) is 0 Å². The Bertz CT molecular complexity index is 2130. The molecule has 0 saturated heterocycles. The Morgan fingerprint density at radius 2 is 1.19 bits per heavy atom. The number of benzene rings is 5. The number of esters is 1. The molecule has 0 aliphatic heterocycles. The quantitative estimate of drug-likeness (QED) is 0.0471. The van der Waals surface area contributed by atoms with E-state index >= 15 is 0 Å². The Kier molecular flexibility index (Phi) is 18.6. The van der Waals surface area contributed by atoms with Crippen LogP contribution in [0.2, 0.25) is 0 Å². The van der Waals surface area contributed by atoms with E-state index in [9.17, 15) is 33.7 Å². The Labute approximate surface area is 338 Å². The Balaban J connectivity index is 0.000000326. The molecule has 15 heteroatoms. The summed E-state index contributed by atoms with van der Waals surface area (Å²) in [5.41, 5.74) is 2.69. The third-order valence-electron chi connectivity index (χ3n) is 9.34. The van der Waals surface area contributed by atoms with E-state index in [0.29, 0.717) is 40.0 Å². The van der Waals surface area contributed by atoms with Crippen molar-refractivity contribution in [2.24, 2.45) is 0 Å². The summed E-state index contributed by atoms with van der Waals surface area (Å²) < 4.78 is 26.5. The fourth-order valence-corrected chi connectivity index (χ4v) is 6.40. The number of ether oxygens (including phenoxy) is 1. The first-order valence-electron chi connectivity index (χ1n) is 19.1. The molecule has 2 amide bonds. The zero-order valence-electron chi connectivity index (χ0n) is 32.3. The molecule has 5 rings (SSSR count). The normalized spacial score (nSPS) is 12.7. The van der Waals surface area contributed by atoms with Crippen molar-refractivity contribution in [1.29, 1.82) is 0 Å². The van der Waals surface area contributed by atoms with Crippen LogP contribution in [0.1, 0.15) is 36.5 Å². The predicted molar refractivity (Wildman–Crippen MR) is 221 cm³/mol. The minimum absolute atomic E-state index is 0.0323. The van der Waals surface area contributed by atoms with Gasteiger partial charge in [0.1, 0.15) is 6.61 Å². The van der Waals surface area contributed by atoms with Crippen molar-refractivity contribution in [3.05, 3.63) is 132 Å². The van der Waals surface area contributed by atoms with Crippen LogP contribution in [0.3, 0.4) is 0 Å². The van der Waals surface area contributed by atoms with Crippen molar-refractivity contribution in [3.63, 3.8) is 0 Å². The number of aliphatic hydroxyl groups is 1. The minimum atomic E-state index is -1.58. The van der Waals surface area contributed by atoms with E-state index in [4.69, 9.17) is 9.84 Å². The Hall–Kier alpha value is -5.89. The van der Waals surface area contributed by atoms with Gasteiger partial charge in [0.05, 0.1) is 0 Å². The monoisotopic (exact) mass is 786 g/mol. The van der Waals surface area contributed by atoms with Crippen LogP contribution in [0.5, 0.6) is 0 Å². The molecule has 0 aromatic heterocycles. The van der Waals surface area contributed by atoms with Crippen LogP contribution < -0.4 is 21.3 Å². The summed E-state index contributed by atoms with van der Waals surface area (Å²) in [4.78, 5) is 49.1. The average Bonchev–Trinajstić information content (AvgIpc) is 3.25. The van der Waals surface area contributed by atoms with Crippen LogP contribution in [-0.2, 0) is 52.8 Å². The first-order valence-corrected chi connectivity index (χ1v) is 19.1. The van der Waals surface area contributed by atoms with E-state index in [1.165, 1.54) is 0 Å². The van der Waals surface area contributed by atoms with E-state index in [1.807, 2.05) is 122 Å². The van der Waals surface area contributed by atoms with Crippen molar-refractivity contribution < 1.29 is 43.5 Å². The van der Waals surface area contributed by atoms with Gasteiger partial charge in [-0.3, -0.25) is 0 Å². The predicted octanol–water partition coefficient (Wildman–Crippen LogP) is 3.29. The van der Waals surface area contributed by atoms with Gasteiger partial charge in [-0.1, -0.05) is 30.3 Å². The van der Waals surface area contributed by atoms with E-state index in [2.05, 4.69) is 21.3 Å². The average molecular weight is 787 g/mol. The van der Waals surface area contributed by atoms with Crippen LogP contribution in [0.25, 0.3) is 21.5 Å². The fourth-order valence-electron chi connectivity index (χ4n) is 6.40. The number of carbonyl (C=O) groups excluding carboxylic acids is 3. The summed E-state index contributed by atoms with van der Waals surface area (Å²) in [7, 11) is 1.34. The molecule has 0 radical (unpaired) electrons. The van der Waals surface area contributed by atoms with Gasteiger partial charge in [0.25, 0.3) is 0 Å². The molecule has 0 heterocycles. The van der Waals surface area contributed by atoms with Gasteiger partial charge < -0.3 is 0 Å². The third kappa shape index (κ3) is 13.9. The van der Waals surface area contributed by atoms with Gasteiger partial charge in [-0.15, -0.1) is 0 Å². The zero-order chi connectivity index (χ0) is 41.7. The Morgan fingerprint density at radius 1 is 0.672 bits per heavy atom. The van der Waals surface area contributed by atoms with Crippen LogP contribution in [0, 0.1) is 0 Å². The topological polar surface area (TPSA) is 200 Å². The molecule has 4 atom stereocenters. The molecule has 13 nitrogen and oxygen atoms in total. The van der Waals surface area contributed by atoms with Crippen LogP contribution in [-0.4, -0.2) is 91.9 Å². The second kappa shape index (κ2) is 24.0. The SMILES string of the molecule is CCCC(NC(=O)[C@H](Cc1cccc2ccccc12)NCB=O)C(O)C(=O)NCC(=O)OCc1ccccc1.O=BCN[C@@H](Cc1cccc2ccccc12)C(=O)O. The summed E-state index contributed by atoms with van der Waals surface area (Å²) >= 11 is 0. The molecule has 2 unspecified atom stereocenters. The van der Waals surface area contributed by atoms with Gasteiger partial charge >= 0.3 is 297 Å². The van der Waals surface area contributed by atoms with Crippen molar-refractivity contribution in [2.75, 3.05) is 19.4 Å². The van der Waals surface area contributed by atoms with Crippen LogP contribution >= 0.6 is 0 Å². The molecule has 58 heavy (non-hydrogen) atoms. The molecule has 0 aliphatic rings. The van der Waals surface area contributed by atoms with Crippen LogP contribution in [0.4, 0.5) is 0 Å². The number of rotatable bonds is 21. The number of nitrogens with one attached hydrogen (secondary N) is 4. The van der Waals surface area contributed by atoms with E-state index in [1.54, 1.807) is 0 Å². The zero-order valence-corrected chi connectivity index (χ0v) is 32.3. The van der Waals surface area contributed by atoms with E-state index in [-0.39, 0.29) is 19.5 Å². The molecule has 0 spiro atoms. The second-order valence-electron chi connectivity index (χ2n) is 13.5. The maximum absolute atomic E-state index is 13.3. The number of carboxylic acid groups (broad SMARTS) is 1. The van der Waals surface area contributed by atoms with E-state index < -0.39 is 54.5 Å². The van der Waals surface area contributed by atoms with Crippen molar-refractivity contribution in [1.82, 2.24) is 21.3 Å². The number of carboxylic acids is 1. The number of hydrogen-bond acceptors (Lipinski definition) is 10. The van der Waals surface area contributed by atoms with Gasteiger partial charge in [-0.25, -0.2) is 0 Å². The first kappa shape index (κ1) is 44.8. The van der Waals surface area contributed by atoms with Gasteiger partial charge in [0.15, 0.2) is 0 Å². The Morgan fingerprint density at radius 3 is 1.74 bits per heavy atom. The van der Waals surface area contributed by atoms with E-state index in [0.717, 1.165) is 38.2 Å². The molecule has 0 aliphatic carbocycles. The summed E-state index contributed by atoms with van der Waals surface area (Å²) in [6.45, 7) is 1.52. The molecule has 0 bridgehead atoms. The molecular weight excluding hydrogens is 738 g/mol. The third-order valence-corrected chi connectivity index (χ3v) is 9.34. The number of carbonyl (C=O) groups is 4. The van der Waals surface area contributed by atoms with Gasteiger partial charge in [0.2, 0.25) is 0 Å². The molecule has 0 fully saturated rings. The molecule has 6 N–H and O–H groups in total. The van der Waals surface area contributed by atoms with Gasteiger partial charge in [-0.2, -0.15) is 0 Å². The number of aliphatic carboxylic acids is 1. The second-order valence-corrected chi connectivity index (χ2v) is 13.5. The number of aliphatic hydroxyl groups excluding tert-OH is 1. The number of hydrogen-bond donors (Lipinski definition) is 6. The summed E-state index contributed by atoms with van der Waals surface area (Å²) in [6.07, 6.45) is -0.00515. The summed E-state index contributed by atoms with van der Waals surface area (Å²) in [6, 6.07) is 34.0. The maximum atomic E-state index is 13.3.